The number of nitro groups is 1. The molecule has 0 fully saturated rings. The lowest BCUT2D eigenvalue weighted by molar-refractivity contribution is -0.384. The number of nitrogens with zero attached hydrogens (tertiary/aromatic N) is 3. The molecule has 1 heterocycles. The molecule has 18 heavy (non-hydrogen) atoms. The molecule has 0 bridgehead atoms. The van der Waals surface area contributed by atoms with Crippen LogP contribution >= 0.6 is 0 Å². The van der Waals surface area contributed by atoms with Gasteiger partial charge in [-0.25, -0.2) is 4.68 Å². The van der Waals surface area contributed by atoms with E-state index in [4.69, 9.17) is 4.74 Å². The molecule has 1 rings (SSSR count). The molecule has 0 saturated heterocycles. The third-order valence-corrected chi connectivity index (χ3v) is 2.68. The number of aromatic nitrogens is 2. The van der Waals surface area contributed by atoms with Crippen molar-refractivity contribution >= 4 is 11.5 Å². The quantitative estimate of drug-likeness (QED) is 0.435. The molecule has 0 amide bonds. The van der Waals surface area contributed by atoms with Crippen LogP contribution in [0.25, 0.3) is 0 Å². The summed E-state index contributed by atoms with van der Waals surface area (Å²) in [6.45, 7) is 3.24. The van der Waals surface area contributed by atoms with Crippen LogP contribution in [-0.2, 0) is 18.2 Å². The Hall–Kier alpha value is -1.63. The van der Waals surface area contributed by atoms with Gasteiger partial charge in [0.15, 0.2) is 0 Å². The van der Waals surface area contributed by atoms with Gasteiger partial charge in [0.2, 0.25) is 5.82 Å². The van der Waals surface area contributed by atoms with E-state index in [0.29, 0.717) is 31.1 Å². The summed E-state index contributed by atoms with van der Waals surface area (Å²) in [6.07, 6.45) is 2.38. The lowest BCUT2D eigenvalue weighted by Crippen LogP contribution is -2.08. The molecule has 1 N–H and O–H groups in total. The van der Waals surface area contributed by atoms with Crippen molar-refractivity contribution in [2.75, 3.05) is 25.6 Å². The Labute approximate surface area is 106 Å². The largest absolute Gasteiger partial charge is 0.385 e. The van der Waals surface area contributed by atoms with Crippen LogP contribution in [0.5, 0.6) is 0 Å². The van der Waals surface area contributed by atoms with E-state index in [-0.39, 0.29) is 10.6 Å². The fourth-order valence-corrected chi connectivity index (χ4v) is 1.77. The highest BCUT2D eigenvalue weighted by Crippen LogP contribution is 2.28. The molecule has 7 nitrogen and oxygen atoms in total. The fraction of sp³-hybridized carbons (Fsp3) is 0.727. The number of methoxy groups -OCH3 is 1. The molecule has 1 aromatic heterocycles. The number of aryl methyl sites for hydroxylation is 2. The van der Waals surface area contributed by atoms with Crippen LogP contribution in [-0.4, -0.2) is 35.0 Å². The van der Waals surface area contributed by atoms with Crippen LogP contribution < -0.4 is 5.32 Å². The van der Waals surface area contributed by atoms with Gasteiger partial charge in [0.25, 0.3) is 0 Å². The summed E-state index contributed by atoms with van der Waals surface area (Å²) in [7, 11) is 3.37. The molecule has 0 radical (unpaired) electrons. The van der Waals surface area contributed by atoms with E-state index in [1.165, 1.54) is 4.68 Å². The first-order valence-electron chi connectivity index (χ1n) is 6.04. The second-order valence-corrected chi connectivity index (χ2v) is 4.00. The average Bonchev–Trinajstić information content (AvgIpc) is 2.66. The second-order valence-electron chi connectivity index (χ2n) is 4.00. The first-order chi connectivity index (χ1) is 8.61. The summed E-state index contributed by atoms with van der Waals surface area (Å²) in [4.78, 5) is 10.7. The number of hydrogen-bond donors (Lipinski definition) is 1. The molecule has 1 aromatic rings. The summed E-state index contributed by atoms with van der Waals surface area (Å²) in [5, 5.41) is 18.3. The van der Waals surface area contributed by atoms with Gasteiger partial charge in [-0.15, -0.1) is 0 Å². The average molecular weight is 256 g/mol. The summed E-state index contributed by atoms with van der Waals surface area (Å²) in [6, 6.07) is 0. The number of ether oxygens (including phenoxy) is 1. The minimum Gasteiger partial charge on any atom is -0.385 e. The Balaban J connectivity index is 2.69. The second kappa shape index (κ2) is 6.95. The number of hydrogen-bond acceptors (Lipinski definition) is 5. The first kappa shape index (κ1) is 14.4. The van der Waals surface area contributed by atoms with E-state index >= 15 is 0 Å². The van der Waals surface area contributed by atoms with Crippen molar-refractivity contribution in [1.82, 2.24) is 9.78 Å². The highest BCUT2D eigenvalue weighted by Gasteiger charge is 2.24. The van der Waals surface area contributed by atoms with Crippen molar-refractivity contribution < 1.29 is 9.66 Å². The monoisotopic (exact) mass is 256 g/mol. The van der Waals surface area contributed by atoms with Crippen LogP contribution in [0.1, 0.15) is 25.5 Å². The molecule has 0 aromatic carbocycles. The first-order valence-corrected chi connectivity index (χ1v) is 6.04. The summed E-state index contributed by atoms with van der Waals surface area (Å²) < 4.78 is 6.48. The molecule has 102 valence electrons. The molecule has 0 spiro atoms. The van der Waals surface area contributed by atoms with Crippen molar-refractivity contribution in [1.29, 1.82) is 0 Å². The maximum atomic E-state index is 11.0. The van der Waals surface area contributed by atoms with E-state index in [0.717, 1.165) is 12.8 Å². The number of nitrogens with one attached hydrogen (secondary N) is 1. The molecule has 0 unspecified atom stereocenters. The Morgan fingerprint density at radius 2 is 2.22 bits per heavy atom. The van der Waals surface area contributed by atoms with Gasteiger partial charge in [0, 0.05) is 27.3 Å². The maximum absolute atomic E-state index is 11.0. The van der Waals surface area contributed by atoms with Gasteiger partial charge in [-0.1, -0.05) is 6.92 Å². The summed E-state index contributed by atoms with van der Waals surface area (Å²) >= 11 is 0. The van der Waals surface area contributed by atoms with E-state index in [1.54, 1.807) is 14.2 Å². The van der Waals surface area contributed by atoms with Crippen molar-refractivity contribution in [3.05, 3.63) is 15.8 Å². The lowest BCUT2D eigenvalue weighted by Gasteiger charge is -2.05. The van der Waals surface area contributed by atoms with Gasteiger partial charge in [0.05, 0.1) is 4.92 Å². The van der Waals surface area contributed by atoms with Gasteiger partial charge < -0.3 is 10.1 Å². The van der Waals surface area contributed by atoms with Crippen molar-refractivity contribution in [3.8, 4) is 0 Å². The molecule has 0 aliphatic heterocycles. The number of unbranched alkanes of at least 4 members (excludes halogenated alkanes) is 1. The van der Waals surface area contributed by atoms with Gasteiger partial charge in [-0.3, -0.25) is 10.1 Å². The smallest absolute Gasteiger partial charge is 0.333 e. The maximum Gasteiger partial charge on any atom is 0.333 e. The normalized spacial score (nSPS) is 10.6. The summed E-state index contributed by atoms with van der Waals surface area (Å²) in [5.74, 6) is 0.481. The van der Waals surface area contributed by atoms with Crippen molar-refractivity contribution in [3.63, 3.8) is 0 Å². The van der Waals surface area contributed by atoms with Gasteiger partial charge in [-0.2, -0.15) is 5.10 Å². The van der Waals surface area contributed by atoms with Gasteiger partial charge in [-0.05, 0) is 19.3 Å². The van der Waals surface area contributed by atoms with E-state index in [9.17, 15) is 10.1 Å². The Morgan fingerprint density at radius 1 is 1.50 bits per heavy atom. The fourth-order valence-electron chi connectivity index (χ4n) is 1.77. The highest BCUT2D eigenvalue weighted by molar-refractivity contribution is 5.59. The SMILES string of the molecule is CCc1nn(C)c(NCCCCOC)c1[N+](=O)[O-]. The standard InChI is InChI=1S/C11H20N4O3/c1-4-9-10(15(16)17)11(14(2)13-9)12-7-5-6-8-18-3/h12H,4-8H2,1-3H3. The molecular formula is C11H20N4O3. The zero-order chi connectivity index (χ0) is 13.5. The van der Waals surface area contributed by atoms with Crippen LogP contribution in [0, 0.1) is 10.1 Å². The predicted molar refractivity (Wildman–Crippen MR) is 68.8 cm³/mol. The topological polar surface area (TPSA) is 82.2 Å². The molecular weight excluding hydrogens is 236 g/mol. The minimum atomic E-state index is -0.372. The number of anilines is 1. The zero-order valence-corrected chi connectivity index (χ0v) is 11.1. The lowest BCUT2D eigenvalue weighted by atomic mass is 10.3. The Morgan fingerprint density at radius 3 is 2.78 bits per heavy atom. The third kappa shape index (κ3) is 3.43. The van der Waals surface area contributed by atoms with Crippen LogP contribution in [0.2, 0.25) is 0 Å². The highest BCUT2D eigenvalue weighted by atomic mass is 16.6. The molecule has 0 atom stereocenters. The molecule has 0 aliphatic rings. The Bertz CT molecular complexity index is 403. The summed E-state index contributed by atoms with van der Waals surface area (Å²) in [5.41, 5.74) is 0.605. The molecule has 7 heteroatoms. The van der Waals surface area contributed by atoms with E-state index < -0.39 is 0 Å². The van der Waals surface area contributed by atoms with Crippen LogP contribution in [0.4, 0.5) is 11.5 Å². The van der Waals surface area contributed by atoms with Crippen molar-refractivity contribution in [2.45, 2.75) is 26.2 Å². The third-order valence-electron chi connectivity index (χ3n) is 2.68. The van der Waals surface area contributed by atoms with Gasteiger partial charge >= 0.3 is 5.69 Å². The minimum absolute atomic E-state index is 0.0896. The Kier molecular flexibility index (Phi) is 5.57. The van der Waals surface area contributed by atoms with E-state index in [2.05, 4.69) is 10.4 Å². The molecule has 0 aliphatic carbocycles. The predicted octanol–water partition coefficient (Wildman–Crippen LogP) is 1.73. The van der Waals surface area contributed by atoms with Crippen molar-refractivity contribution in [2.24, 2.45) is 7.05 Å². The van der Waals surface area contributed by atoms with Crippen LogP contribution in [0.15, 0.2) is 0 Å². The number of rotatable bonds is 8. The zero-order valence-electron chi connectivity index (χ0n) is 11.1. The van der Waals surface area contributed by atoms with Crippen LogP contribution in [0.3, 0.4) is 0 Å². The molecule has 0 saturated carbocycles. The van der Waals surface area contributed by atoms with E-state index in [1.807, 2.05) is 6.92 Å². The van der Waals surface area contributed by atoms with Gasteiger partial charge in [0.1, 0.15) is 5.69 Å².